The molecule has 0 bridgehead atoms. The highest BCUT2D eigenvalue weighted by Crippen LogP contribution is 2.32. The quantitative estimate of drug-likeness (QED) is 0.816. The number of aromatic nitrogens is 2. The number of H-pyrrole nitrogens is 1. The number of nitriles is 1. The van der Waals surface area contributed by atoms with E-state index in [-0.39, 0.29) is 12.1 Å². The van der Waals surface area contributed by atoms with E-state index < -0.39 is 11.9 Å². The summed E-state index contributed by atoms with van der Waals surface area (Å²) in [7, 11) is 2.71. The molecule has 0 aliphatic heterocycles. The number of nitrogens with zero attached hydrogens (tertiary/aromatic N) is 2. The molecule has 1 heterocycles. The lowest BCUT2D eigenvalue weighted by Gasteiger charge is -2.08. The summed E-state index contributed by atoms with van der Waals surface area (Å²) in [4.78, 5) is 23.3. The average Bonchev–Trinajstić information content (AvgIpc) is 2.92. The van der Waals surface area contributed by atoms with E-state index in [1.54, 1.807) is 18.2 Å². The molecule has 0 fully saturated rings. The van der Waals surface area contributed by atoms with Crippen molar-refractivity contribution >= 4 is 28.5 Å². The van der Waals surface area contributed by atoms with Gasteiger partial charge in [0.1, 0.15) is 17.7 Å². The fourth-order valence-electron chi connectivity index (χ4n) is 1.89. The summed E-state index contributed by atoms with van der Waals surface area (Å²) in [6.45, 7) is 0. The summed E-state index contributed by atoms with van der Waals surface area (Å²) >= 11 is 0. The van der Waals surface area contributed by atoms with E-state index in [4.69, 9.17) is 10.00 Å². The van der Waals surface area contributed by atoms with E-state index in [1.165, 1.54) is 14.2 Å². The molecule has 0 saturated carbocycles. The molecule has 0 unspecified atom stereocenters. The molecule has 21 heavy (non-hydrogen) atoms. The van der Waals surface area contributed by atoms with Crippen LogP contribution in [0.5, 0.6) is 5.75 Å². The van der Waals surface area contributed by atoms with Crippen LogP contribution in [0.25, 0.3) is 10.9 Å². The second-order valence-electron chi connectivity index (χ2n) is 4.01. The molecule has 8 heteroatoms. The molecule has 108 valence electrons. The number of carbonyl (C=O) groups is 2. The van der Waals surface area contributed by atoms with Crippen molar-refractivity contribution in [3.05, 3.63) is 17.8 Å². The van der Waals surface area contributed by atoms with Crippen molar-refractivity contribution in [3.63, 3.8) is 0 Å². The van der Waals surface area contributed by atoms with Crippen molar-refractivity contribution in [2.45, 2.75) is 6.42 Å². The van der Waals surface area contributed by atoms with Crippen LogP contribution in [0.4, 0.5) is 5.69 Å². The minimum atomic E-state index is -0.624. The summed E-state index contributed by atoms with van der Waals surface area (Å²) in [5, 5.41) is 18.0. The van der Waals surface area contributed by atoms with Gasteiger partial charge in [0.15, 0.2) is 5.69 Å². The fourth-order valence-corrected chi connectivity index (χ4v) is 1.89. The third-order valence-electron chi connectivity index (χ3n) is 2.79. The van der Waals surface area contributed by atoms with Crippen LogP contribution in [0, 0.1) is 11.3 Å². The molecule has 0 spiro atoms. The lowest BCUT2D eigenvalue weighted by molar-refractivity contribution is -0.115. The first-order chi connectivity index (χ1) is 10.1. The molecule has 0 radical (unpaired) electrons. The van der Waals surface area contributed by atoms with E-state index in [0.29, 0.717) is 22.3 Å². The second-order valence-corrected chi connectivity index (χ2v) is 4.01. The lowest BCUT2D eigenvalue weighted by atomic mass is 10.1. The van der Waals surface area contributed by atoms with E-state index in [0.717, 1.165) is 0 Å². The Kier molecular flexibility index (Phi) is 4.04. The number of nitrogens with one attached hydrogen (secondary N) is 2. The highest BCUT2D eigenvalue weighted by Gasteiger charge is 2.20. The number of ether oxygens (including phenoxy) is 2. The number of amides is 1. The summed E-state index contributed by atoms with van der Waals surface area (Å²) in [5.74, 6) is -0.669. The molecule has 0 aliphatic rings. The molecule has 2 aromatic rings. The molecule has 0 saturated heterocycles. The van der Waals surface area contributed by atoms with Crippen molar-refractivity contribution in [1.29, 1.82) is 5.26 Å². The Balaban J connectivity index is 2.59. The zero-order valence-electron chi connectivity index (χ0n) is 11.4. The number of hydrogen-bond donors (Lipinski definition) is 2. The first-order valence-electron chi connectivity index (χ1n) is 5.92. The van der Waals surface area contributed by atoms with Crippen LogP contribution in [0.3, 0.4) is 0 Å². The number of fused-ring (bicyclic) bond motifs is 1. The number of carbonyl (C=O) groups excluding carboxylic acids is 2. The topological polar surface area (TPSA) is 117 Å². The zero-order valence-corrected chi connectivity index (χ0v) is 11.4. The first-order valence-corrected chi connectivity index (χ1v) is 5.92. The number of esters is 1. The lowest BCUT2D eigenvalue weighted by Crippen LogP contribution is -2.11. The Morgan fingerprint density at radius 3 is 2.81 bits per heavy atom. The highest BCUT2D eigenvalue weighted by atomic mass is 16.5. The Hall–Kier alpha value is -3.08. The molecule has 0 aliphatic carbocycles. The van der Waals surface area contributed by atoms with Gasteiger partial charge in [0, 0.05) is 0 Å². The summed E-state index contributed by atoms with van der Waals surface area (Å²) < 4.78 is 9.83. The van der Waals surface area contributed by atoms with Crippen LogP contribution < -0.4 is 10.1 Å². The summed E-state index contributed by atoms with van der Waals surface area (Å²) in [5.41, 5.74) is 0.825. The fraction of sp³-hybridized carbons (Fsp3) is 0.231. The molecule has 0 atom stereocenters. The van der Waals surface area contributed by atoms with Crippen molar-refractivity contribution in [3.8, 4) is 11.8 Å². The SMILES string of the molecule is COC(=O)c1[nH]nc2c(OC)ccc(NC(=O)CC#N)c12. The number of benzene rings is 1. The Morgan fingerprint density at radius 1 is 1.43 bits per heavy atom. The van der Waals surface area contributed by atoms with Gasteiger partial charge in [0.25, 0.3) is 0 Å². The minimum absolute atomic E-state index is 0.0960. The summed E-state index contributed by atoms with van der Waals surface area (Å²) in [6.07, 6.45) is -0.293. The Bertz CT molecular complexity index is 744. The van der Waals surface area contributed by atoms with Gasteiger partial charge in [-0.25, -0.2) is 4.79 Å². The molecule has 2 rings (SSSR count). The smallest absolute Gasteiger partial charge is 0.356 e. The van der Waals surface area contributed by atoms with Gasteiger partial charge in [-0.3, -0.25) is 9.89 Å². The average molecular weight is 288 g/mol. The molecular formula is C13H12N4O4. The zero-order chi connectivity index (χ0) is 15.4. The number of rotatable bonds is 4. The third-order valence-corrected chi connectivity index (χ3v) is 2.79. The van der Waals surface area contributed by atoms with Gasteiger partial charge >= 0.3 is 5.97 Å². The minimum Gasteiger partial charge on any atom is -0.494 e. The van der Waals surface area contributed by atoms with Crippen LogP contribution in [-0.4, -0.2) is 36.3 Å². The normalized spacial score (nSPS) is 9.95. The van der Waals surface area contributed by atoms with Crippen LogP contribution >= 0.6 is 0 Å². The highest BCUT2D eigenvalue weighted by molar-refractivity contribution is 6.12. The maximum absolute atomic E-state index is 11.8. The predicted molar refractivity (Wildman–Crippen MR) is 72.8 cm³/mol. The summed E-state index contributed by atoms with van der Waals surface area (Å²) in [6, 6.07) is 4.92. The van der Waals surface area contributed by atoms with Crippen molar-refractivity contribution in [2.75, 3.05) is 19.5 Å². The van der Waals surface area contributed by atoms with Crippen LogP contribution in [0.2, 0.25) is 0 Å². The number of methoxy groups -OCH3 is 2. The molecule has 1 amide bonds. The van der Waals surface area contributed by atoms with Gasteiger partial charge < -0.3 is 14.8 Å². The van der Waals surface area contributed by atoms with E-state index >= 15 is 0 Å². The van der Waals surface area contributed by atoms with E-state index in [9.17, 15) is 9.59 Å². The van der Waals surface area contributed by atoms with E-state index in [1.807, 2.05) is 0 Å². The number of anilines is 1. The Morgan fingerprint density at radius 2 is 2.19 bits per heavy atom. The maximum Gasteiger partial charge on any atom is 0.356 e. The van der Waals surface area contributed by atoms with Gasteiger partial charge in [-0.2, -0.15) is 10.4 Å². The number of aromatic amines is 1. The Labute approximate surface area is 119 Å². The third kappa shape index (κ3) is 2.62. The first kappa shape index (κ1) is 14.3. The van der Waals surface area contributed by atoms with Gasteiger partial charge in [-0.05, 0) is 12.1 Å². The molecule has 8 nitrogen and oxygen atoms in total. The molecule has 1 aromatic carbocycles. The molecule has 1 aromatic heterocycles. The predicted octanol–water partition coefficient (Wildman–Crippen LogP) is 1.21. The monoisotopic (exact) mass is 288 g/mol. The molecular weight excluding hydrogens is 276 g/mol. The second kappa shape index (κ2) is 5.92. The van der Waals surface area contributed by atoms with Gasteiger partial charge in [-0.15, -0.1) is 0 Å². The van der Waals surface area contributed by atoms with Crippen molar-refractivity contribution in [1.82, 2.24) is 10.2 Å². The number of hydrogen-bond acceptors (Lipinski definition) is 6. The van der Waals surface area contributed by atoms with Gasteiger partial charge in [0.05, 0.1) is 31.4 Å². The maximum atomic E-state index is 11.8. The standard InChI is InChI=1S/C13H12N4O4/c1-20-8-4-3-7(15-9(18)5-6-14)10-11(8)16-17-12(10)13(19)21-2/h3-4H,5H2,1-2H3,(H,15,18)(H,16,17). The van der Waals surface area contributed by atoms with Gasteiger partial charge in [-0.1, -0.05) is 0 Å². The molecule has 2 N–H and O–H groups in total. The van der Waals surface area contributed by atoms with Crippen LogP contribution in [-0.2, 0) is 9.53 Å². The largest absolute Gasteiger partial charge is 0.494 e. The van der Waals surface area contributed by atoms with Crippen LogP contribution in [0.1, 0.15) is 16.9 Å². The van der Waals surface area contributed by atoms with E-state index in [2.05, 4.69) is 20.3 Å². The van der Waals surface area contributed by atoms with Gasteiger partial charge in [0.2, 0.25) is 5.91 Å². The van der Waals surface area contributed by atoms with Crippen molar-refractivity contribution < 1.29 is 19.1 Å². The van der Waals surface area contributed by atoms with Crippen molar-refractivity contribution in [2.24, 2.45) is 0 Å². The van der Waals surface area contributed by atoms with Crippen LogP contribution in [0.15, 0.2) is 12.1 Å².